The minimum atomic E-state index is -0.0629. The molecule has 0 spiro atoms. The van der Waals surface area contributed by atoms with Gasteiger partial charge in [-0.2, -0.15) is 0 Å². The monoisotopic (exact) mass is 352 g/mol. The van der Waals surface area contributed by atoms with Gasteiger partial charge in [0.15, 0.2) is 0 Å². The maximum absolute atomic E-state index is 12.8. The summed E-state index contributed by atoms with van der Waals surface area (Å²) in [5, 5.41) is 3.13. The van der Waals surface area contributed by atoms with E-state index in [0.717, 1.165) is 31.5 Å². The highest BCUT2D eigenvalue weighted by atomic mass is 16.5. The summed E-state index contributed by atoms with van der Waals surface area (Å²) in [5.74, 6) is 0.563. The molecule has 1 aliphatic heterocycles. The average Bonchev–Trinajstić information content (AvgIpc) is 2.70. The number of nitrogens with one attached hydrogen (secondary N) is 1. The van der Waals surface area contributed by atoms with Gasteiger partial charge in [0, 0.05) is 19.1 Å². The van der Waals surface area contributed by atoms with Crippen molar-refractivity contribution in [3.8, 4) is 5.75 Å². The summed E-state index contributed by atoms with van der Waals surface area (Å²) in [6, 6.07) is 14.7. The second kappa shape index (κ2) is 8.37. The maximum Gasteiger partial charge on any atom is 0.255 e. The molecule has 4 heteroatoms. The number of carbonyl (C=O) groups excluding carboxylic acids is 1. The van der Waals surface area contributed by atoms with E-state index in [-0.39, 0.29) is 5.91 Å². The summed E-state index contributed by atoms with van der Waals surface area (Å²) in [6.07, 6.45) is 1.86. The molecule has 0 fully saturated rings. The number of fused-ring (bicyclic) bond motifs is 1. The lowest BCUT2D eigenvalue weighted by atomic mass is 9.94. The van der Waals surface area contributed by atoms with E-state index < -0.39 is 0 Å². The third-order valence-corrected chi connectivity index (χ3v) is 5.28. The molecule has 0 saturated carbocycles. The maximum atomic E-state index is 12.8. The third-order valence-electron chi connectivity index (χ3n) is 5.28. The van der Waals surface area contributed by atoms with Crippen molar-refractivity contribution in [2.24, 2.45) is 0 Å². The van der Waals surface area contributed by atoms with Crippen LogP contribution in [-0.2, 0) is 19.4 Å². The number of likely N-dealkylation sites (N-methyl/N-ethyl adjacent to an activating group) is 1. The van der Waals surface area contributed by atoms with Crippen molar-refractivity contribution < 1.29 is 9.53 Å². The van der Waals surface area contributed by atoms with E-state index in [2.05, 4.69) is 48.3 Å². The first-order valence-corrected chi connectivity index (χ1v) is 9.42. The first-order valence-electron chi connectivity index (χ1n) is 9.42. The molecule has 1 amide bonds. The van der Waals surface area contributed by atoms with Crippen LogP contribution in [0.2, 0.25) is 0 Å². The van der Waals surface area contributed by atoms with Gasteiger partial charge in [-0.3, -0.25) is 9.69 Å². The number of nitrogens with zero attached hydrogens (tertiary/aromatic N) is 1. The summed E-state index contributed by atoms with van der Waals surface area (Å²) < 4.78 is 5.38. The zero-order chi connectivity index (χ0) is 18.5. The van der Waals surface area contributed by atoms with Crippen molar-refractivity contribution in [2.45, 2.75) is 39.3 Å². The van der Waals surface area contributed by atoms with E-state index >= 15 is 0 Å². The van der Waals surface area contributed by atoms with Crippen LogP contribution in [-0.4, -0.2) is 37.0 Å². The second-order valence-electron chi connectivity index (χ2n) is 6.79. The molecule has 0 radical (unpaired) electrons. The predicted molar refractivity (Wildman–Crippen MR) is 105 cm³/mol. The molecule has 1 N–H and O–H groups in total. The fraction of sp³-hybridized carbons (Fsp3) is 0.409. The Morgan fingerprint density at radius 2 is 1.96 bits per heavy atom. The van der Waals surface area contributed by atoms with E-state index in [1.165, 1.54) is 11.1 Å². The predicted octanol–water partition coefficient (Wildman–Crippen LogP) is 3.43. The molecule has 138 valence electrons. The summed E-state index contributed by atoms with van der Waals surface area (Å²) in [5.41, 5.74) is 4.54. The van der Waals surface area contributed by atoms with Gasteiger partial charge in [0.2, 0.25) is 0 Å². The topological polar surface area (TPSA) is 41.6 Å². The first-order chi connectivity index (χ1) is 12.7. The fourth-order valence-corrected chi connectivity index (χ4v) is 3.67. The van der Waals surface area contributed by atoms with Crippen LogP contribution in [0.4, 0.5) is 0 Å². The first kappa shape index (κ1) is 18.5. The fourth-order valence-electron chi connectivity index (χ4n) is 3.67. The summed E-state index contributed by atoms with van der Waals surface area (Å²) in [7, 11) is 1.61. The lowest BCUT2D eigenvalue weighted by Gasteiger charge is -2.36. The van der Waals surface area contributed by atoms with Crippen LogP contribution in [0.25, 0.3) is 0 Å². The van der Waals surface area contributed by atoms with Gasteiger partial charge in [-0.15, -0.1) is 0 Å². The normalized spacial score (nSPS) is 16.8. The highest BCUT2D eigenvalue weighted by Crippen LogP contribution is 2.23. The lowest BCUT2D eigenvalue weighted by molar-refractivity contribution is 0.0924. The number of ether oxygens (including phenoxy) is 1. The summed E-state index contributed by atoms with van der Waals surface area (Å²) in [6.45, 7) is 6.82. The quantitative estimate of drug-likeness (QED) is 0.866. The van der Waals surface area contributed by atoms with E-state index in [9.17, 15) is 4.79 Å². The van der Waals surface area contributed by atoms with Crippen molar-refractivity contribution in [3.63, 3.8) is 0 Å². The highest BCUT2D eigenvalue weighted by molar-refractivity contribution is 5.97. The third kappa shape index (κ3) is 3.91. The number of amides is 1. The number of hydrogen-bond donors (Lipinski definition) is 1. The van der Waals surface area contributed by atoms with Crippen LogP contribution in [0.5, 0.6) is 5.75 Å². The van der Waals surface area contributed by atoms with Crippen molar-refractivity contribution in [1.82, 2.24) is 10.2 Å². The Balaban J connectivity index is 1.71. The Kier molecular flexibility index (Phi) is 5.94. The Morgan fingerprint density at radius 3 is 2.65 bits per heavy atom. The van der Waals surface area contributed by atoms with Crippen molar-refractivity contribution in [1.29, 1.82) is 0 Å². The molecule has 0 aromatic heterocycles. The molecule has 26 heavy (non-hydrogen) atoms. The average molecular weight is 352 g/mol. The number of benzene rings is 2. The van der Waals surface area contributed by atoms with Crippen LogP contribution < -0.4 is 10.1 Å². The Labute approximate surface area is 156 Å². The molecule has 3 rings (SSSR count). The Morgan fingerprint density at radius 1 is 1.19 bits per heavy atom. The summed E-state index contributed by atoms with van der Waals surface area (Å²) >= 11 is 0. The molecule has 2 aromatic rings. The van der Waals surface area contributed by atoms with Crippen LogP contribution in [0.3, 0.4) is 0 Å². The summed E-state index contributed by atoms with van der Waals surface area (Å²) in [4.78, 5) is 15.2. The molecule has 0 bridgehead atoms. The number of aryl methyl sites for hydroxylation is 1. The smallest absolute Gasteiger partial charge is 0.255 e. The van der Waals surface area contributed by atoms with Crippen LogP contribution in [0.1, 0.15) is 40.9 Å². The number of methoxy groups -OCH3 is 1. The van der Waals surface area contributed by atoms with Crippen LogP contribution >= 0.6 is 0 Å². The van der Waals surface area contributed by atoms with Crippen LogP contribution in [0, 0.1) is 0 Å². The number of hydrogen-bond acceptors (Lipinski definition) is 3. The van der Waals surface area contributed by atoms with E-state index in [1.807, 2.05) is 18.2 Å². The number of rotatable bonds is 6. The van der Waals surface area contributed by atoms with E-state index in [0.29, 0.717) is 23.9 Å². The van der Waals surface area contributed by atoms with Crippen LogP contribution in [0.15, 0.2) is 42.5 Å². The van der Waals surface area contributed by atoms with Gasteiger partial charge < -0.3 is 10.1 Å². The van der Waals surface area contributed by atoms with Crippen molar-refractivity contribution in [3.05, 3.63) is 64.7 Å². The zero-order valence-corrected chi connectivity index (χ0v) is 15.9. The molecule has 1 atom stereocenters. The van der Waals surface area contributed by atoms with Gasteiger partial charge in [-0.25, -0.2) is 0 Å². The minimum Gasteiger partial charge on any atom is -0.496 e. The minimum absolute atomic E-state index is 0.0629. The molecule has 4 nitrogen and oxygen atoms in total. The molecule has 1 aliphatic rings. The largest absolute Gasteiger partial charge is 0.496 e. The van der Waals surface area contributed by atoms with Gasteiger partial charge in [-0.05, 0) is 48.2 Å². The second-order valence-corrected chi connectivity index (χ2v) is 6.79. The van der Waals surface area contributed by atoms with Gasteiger partial charge in [-0.1, -0.05) is 44.2 Å². The molecule has 0 saturated heterocycles. The molecule has 0 unspecified atom stereocenters. The van der Waals surface area contributed by atoms with E-state index in [1.54, 1.807) is 7.11 Å². The molecule has 2 aromatic carbocycles. The highest BCUT2D eigenvalue weighted by Gasteiger charge is 2.25. The van der Waals surface area contributed by atoms with Gasteiger partial charge in [0.25, 0.3) is 5.91 Å². The Hall–Kier alpha value is -2.33. The van der Waals surface area contributed by atoms with Crippen molar-refractivity contribution >= 4 is 5.91 Å². The van der Waals surface area contributed by atoms with E-state index in [4.69, 9.17) is 4.74 Å². The molecule has 1 heterocycles. The van der Waals surface area contributed by atoms with Crippen molar-refractivity contribution in [2.75, 3.05) is 20.2 Å². The molecular weight excluding hydrogens is 324 g/mol. The van der Waals surface area contributed by atoms with Gasteiger partial charge in [0.05, 0.1) is 12.7 Å². The lowest BCUT2D eigenvalue weighted by Crippen LogP contribution is -2.47. The molecular formula is C22H28N2O2. The Bertz CT molecular complexity index is 772. The SMILES string of the molecule is CCc1ccc(OC)c(C(=O)NC[C@@H]2Cc3ccccc3CN2CC)c1. The zero-order valence-electron chi connectivity index (χ0n) is 15.9. The van der Waals surface area contributed by atoms with Gasteiger partial charge in [0.1, 0.15) is 5.75 Å². The number of carbonyl (C=O) groups is 1. The standard InChI is InChI=1S/C22H28N2O2/c1-4-16-10-11-21(26-3)20(12-16)22(25)23-14-19-13-17-8-6-7-9-18(17)15-24(19)5-2/h6-12,19H,4-5,13-15H2,1-3H3,(H,23,25)/t19-/m0/s1. The van der Waals surface area contributed by atoms with Gasteiger partial charge >= 0.3 is 0 Å². The molecule has 0 aliphatic carbocycles.